The summed E-state index contributed by atoms with van der Waals surface area (Å²) in [5, 5.41) is 2.86. The van der Waals surface area contributed by atoms with E-state index in [0.717, 1.165) is 30.6 Å². The van der Waals surface area contributed by atoms with Gasteiger partial charge >= 0.3 is 0 Å². The highest BCUT2D eigenvalue weighted by Gasteiger charge is 2.35. The summed E-state index contributed by atoms with van der Waals surface area (Å²) in [6.07, 6.45) is 2.64. The summed E-state index contributed by atoms with van der Waals surface area (Å²) in [6.45, 7) is 3.97. The fourth-order valence-corrected chi connectivity index (χ4v) is 5.09. The molecule has 1 heterocycles. The third kappa shape index (κ3) is 3.98. The van der Waals surface area contributed by atoms with Gasteiger partial charge in [0.15, 0.2) is 9.84 Å². The van der Waals surface area contributed by atoms with E-state index < -0.39 is 9.84 Å². The SMILES string of the molecule is CNC(c1ccc(OC(C)C)cc1)C1CCCCS1(=O)=O. The van der Waals surface area contributed by atoms with Gasteiger partial charge in [0.05, 0.1) is 17.1 Å². The van der Waals surface area contributed by atoms with Gasteiger partial charge < -0.3 is 10.1 Å². The van der Waals surface area contributed by atoms with Crippen LogP contribution < -0.4 is 10.1 Å². The lowest BCUT2D eigenvalue weighted by Gasteiger charge is -2.30. The average molecular weight is 311 g/mol. The van der Waals surface area contributed by atoms with Gasteiger partial charge in [-0.05, 0) is 51.4 Å². The summed E-state index contributed by atoms with van der Waals surface area (Å²) < 4.78 is 30.2. The Labute approximate surface area is 127 Å². The van der Waals surface area contributed by atoms with Gasteiger partial charge in [-0.1, -0.05) is 18.6 Å². The van der Waals surface area contributed by atoms with Crippen LogP contribution in [0.4, 0.5) is 0 Å². The third-order valence-corrected chi connectivity index (χ3v) is 6.21. The zero-order valence-electron chi connectivity index (χ0n) is 13.0. The first-order chi connectivity index (χ1) is 9.94. The van der Waals surface area contributed by atoms with Crippen LogP contribution in [0.5, 0.6) is 5.75 Å². The normalized spacial score (nSPS) is 23.0. The molecule has 0 bridgehead atoms. The van der Waals surface area contributed by atoms with Crippen molar-refractivity contribution in [2.75, 3.05) is 12.8 Å². The monoisotopic (exact) mass is 311 g/mol. The zero-order valence-corrected chi connectivity index (χ0v) is 13.8. The summed E-state index contributed by atoms with van der Waals surface area (Å²) in [5.74, 6) is 1.12. The molecule has 0 spiro atoms. The van der Waals surface area contributed by atoms with Crippen LogP contribution >= 0.6 is 0 Å². The maximum Gasteiger partial charge on any atom is 0.155 e. The Kier molecular flexibility index (Phi) is 5.27. The van der Waals surface area contributed by atoms with Gasteiger partial charge in [0.1, 0.15) is 5.75 Å². The van der Waals surface area contributed by atoms with Gasteiger partial charge in [-0.2, -0.15) is 0 Å². The van der Waals surface area contributed by atoms with Crippen molar-refractivity contribution in [3.05, 3.63) is 29.8 Å². The molecule has 0 saturated carbocycles. The van der Waals surface area contributed by atoms with Crippen LogP contribution in [0.1, 0.15) is 44.7 Å². The van der Waals surface area contributed by atoms with Gasteiger partial charge in [-0.3, -0.25) is 0 Å². The summed E-state index contributed by atoms with van der Waals surface area (Å²) in [4.78, 5) is 0. The number of nitrogens with one attached hydrogen (secondary N) is 1. The van der Waals surface area contributed by atoms with E-state index in [1.807, 2.05) is 45.2 Å². The molecule has 0 amide bonds. The van der Waals surface area contributed by atoms with Crippen LogP contribution in [0.15, 0.2) is 24.3 Å². The number of rotatable bonds is 5. The largest absolute Gasteiger partial charge is 0.491 e. The van der Waals surface area contributed by atoms with E-state index in [2.05, 4.69) is 5.32 Å². The number of hydrogen-bond acceptors (Lipinski definition) is 4. The Morgan fingerprint density at radius 3 is 2.38 bits per heavy atom. The standard InChI is InChI=1S/C16H25NO3S/c1-12(2)20-14-9-7-13(8-10-14)16(17-3)15-6-4-5-11-21(15,18)19/h7-10,12,15-17H,4-6,11H2,1-3H3. The molecule has 2 rings (SSSR count). The lowest BCUT2D eigenvalue weighted by molar-refractivity contribution is 0.242. The summed E-state index contributed by atoms with van der Waals surface area (Å²) in [7, 11) is -1.18. The lowest BCUT2D eigenvalue weighted by Crippen LogP contribution is -2.39. The van der Waals surface area contributed by atoms with Gasteiger partial charge in [-0.15, -0.1) is 0 Å². The van der Waals surface area contributed by atoms with Gasteiger partial charge in [-0.25, -0.2) is 8.42 Å². The van der Waals surface area contributed by atoms with E-state index in [9.17, 15) is 8.42 Å². The van der Waals surface area contributed by atoms with Crippen LogP contribution in [0, 0.1) is 0 Å². The van der Waals surface area contributed by atoms with Crippen molar-refractivity contribution in [1.82, 2.24) is 5.32 Å². The molecule has 118 valence electrons. The Morgan fingerprint density at radius 2 is 1.86 bits per heavy atom. The van der Waals surface area contributed by atoms with Crippen molar-refractivity contribution in [3.8, 4) is 5.75 Å². The van der Waals surface area contributed by atoms with E-state index >= 15 is 0 Å². The first kappa shape index (κ1) is 16.3. The molecule has 0 aliphatic carbocycles. The molecule has 4 nitrogen and oxygen atoms in total. The highest BCUT2D eigenvalue weighted by Crippen LogP contribution is 2.31. The third-order valence-electron chi connectivity index (χ3n) is 3.92. The Morgan fingerprint density at radius 1 is 1.19 bits per heavy atom. The average Bonchev–Trinajstić information content (AvgIpc) is 2.42. The second kappa shape index (κ2) is 6.79. The number of ether oxygens (including phenoxy) is 1. The minimum Gasteiger partial charge on any atom is -0.491 e. The summed E-state index contributed by atoms with van der Waals surface area (Å²) >= 11 is 0. The van der Waals surface area contributed by atoms with Crippen molar-refractivity contribution in [1.29, 1.82) is 0 Å². The molecule has 1 aliphatic rings. The van der Waals surface area contributed by atoms with Gasteiger partial charge in [0, 0.05) is 6.04 Å². The minimum absolute atomic E-state index is 0.134. The molecule has 1 saturated heterocycles. The van der Waals surface area contributed by atoms with E-state index in [1.54, 1.807) is 0 Å². The highest BCUT2D eigenvalue weighted by molar-refractivity contribution is 7.92. The fraction of sp³-hybridized carbons (Fsp3) is 0.625. The van der Waals surface area contributed by atoms with Crippen LogP contribution in [-0.4, -0.2) is 32.6 Å². The van der Waals surface area contributed by atoms with Crippen LogP contribution in [0.25, 0.3) is 0 Å². The topological polar surface area (TPSA) is 55.4 Å². The number of hydrogen-bond donors (Lipinski definition) is 1. The first-order valence-electron chi connectivity index (χ1n) is 7.59. The van der Waals surface area contributed by atoms with Crippen LogP contribution in [-0.2, 0) is 9.84 Å². The zero-order chi connectivity index (χ0) is 15.5. The Hall–Kier alpha value is -1.07. The Bertz CT molecular complexity index is 551. The number of benzene rings is 1. The molecule has 0 radical (unpaired) electrons. The summed E-state index contributed by atoms with van der Waals surface area (Å²) in [6, 6.07) is 7.60. The molecule has 1 aromatic carbocycles. The lowest BCUT2D eigenvalue weighted by atomic mass is 9.99. The first-order valence-corrected chi connectivity index (χ1v) is 9.31. The predicted molar refractivity (Wildman–Crippen MR) is 85.4 cm³/mol. The van der Waals surface area contributed by atoms with Crippen molar-refractivity contribution < 1.29 is 13.2 Å². The molecule has 0 aromatic heterocycles. The molecule has 21 heavy (non-hydrogen) atoms. The minimum atomic E-state index is -3.01. The maximum atomic E-state index is 12.3. The molecule has 1 aliphatic heterocycles. The van der Waals surface area contributed by atoms with E-state index in [-0.39, 0.29) is 17.4 Å². The van der Waals surface area contributed by atoms with Crippen LogP contribution in [0.2, 0.25) is 0 Å². The molecular weight excluding hydrogens is 286 g/mol. The van der Waals surface area contributed by atoms with Gasteiger partial charge in [0.2, 0.25) is 0 Å². The van der Waals surface area contributed by atoms with Crippen molar-refractivity contribution in [3.63, 3.8) is 0 Å². The van der Waals surface area contributed by atoms with Crippen molar-refractivity contribution in [2.45, 2.75) is 50.5 Å². The second-order valence-corrected chi connectivity index (χ2v) is 8.24. The molecule has 1 aromatic rings. The predicted octanol–water partition coefficient (Wildman–Crippen LogP) is 2.70. The fourth-order valence-electron chi connectivity index (χ4n) is 2.95. The van der Waals surface area contributed by atoms with Crippen molar-refractivity contribution in [2.24, 2.45) is 0 Å². The van der Waals surface area contributed by atoms with E-state index in [1.165, 1.54) is 0 Å². The molecule has 1 fully saturated rings. The molecule has 5 heteroatoms. The van der Waals surface area contributed by atoms with E-state index in [4.69, 9.17) is 4.74 Å². The summed E-state index contributed by atoms with van der Waals surface area (Å²) in [5.41, 5.74) is 1.00. The van der Waals surface area contributed by atoms with E-state index in [0.29, 0.717) is 5.75 Å². The Balaban J connectivity index is 2.21. The van der Waals surface area contributed by atoms with Crippen molar-refractivity contribution >= 4 is 9.84 Å². The maximum absolute atomic E-state index is 12.3. The quantitative estimate of drug-likeness (QED) is 0.908. The smallest absolute Gasteiger partial charge is 0.155 e. The molecular formula is C16H25NO3S. The van der Waals surface area contributed by atoms with Crippen LogP contribution in [0.3, 0.4) is 0 Å². The highest BCUT2D eigenvalue weighted by atomic mass is 32.2. The molecule has 1 N–H and O–H groups in total. The number of sulfone groups is 1. The molecule has 2 unspecified atom stereocenters. The second-order valence-electron chi connectivity index (χ2n) is 5.90. The molecule has 2 atom stereocenters. The van der Waals surface area contributed by atoms with Gasteiger partial charge in [0.25, 0.3) is 0 Å².